The van der Waals surface area contributed by atoms with E-state index in [2.05, 4.69) is 15.3 Å². The van der Waals surface area contributed by atoms with Crippen molar-refractivity contribution >= 4 is 28.4 Å². The van der Waals surface area contributed by atoms with E-state index in [1.807, 2.05) is 24.3 Å². The Kier molecular flexibility index (Phi) is 4.86. The fourth-order valence-corrected chi connectivity index (χ4v) is 2.46. The van der Waals surface area contributed by atoms with E-state index in [4.69, 9.17) is 11.6 Å². The van der Waals surface area contributed by atoms with Gasteiger partial charge in [0, 0.05) is 17.8 Å². The van der Waals surface area contributed by atoms with Crippen molar-refractivity contribution in [3.8, 4) is 0 Å². The molecule has 0 unspecified atom stereocenters. The number of hydrogen-bond donors (Lipinski definition) is 1. The van der Waals surface area contributed by atoms with E-state index < -0.39 is 0 Å². The Morgan fingerprint density at radius 3 is 2.79 bits per heavy atom. The van der Waals surface area contributed by atoms with Crippen molar-refractivity contribution in [3.63, 3.8) is 0 Å². The largest absolute Gasteiger partial charge is 0.354 e. The maximum absolute atomic E-state index is 12.3. The first-order valence-corrected chi connectivity index (χ1v) is 7.81. The number of amides is 1. The number of rotatable bonds is 5. The van der Waals surface area contributed by atoms with Crippen LogP contribution in [0.25, 0.3) is 10.9 Å². The summed E-state index contributed by atoms with van der Waals surface area (Å²) in [6, 6.07) is 9.06. The number of benzene rings is 1. The summed E-state index contributed by atoms with van der Waals surface area (Å²) in [7, 11) is 0. The molecule has 0 radical (unpaired) electrons. The van der Waals surface area contributed by atoms with Crippen LogP contribution in [0.3, 0.4) is 0 Å². The quantitative estimate of drug-likeness (QED) is 0.767. The number of aromatic nitrogens is 3. The first kappa shape index (κ1) is 16.1. The van der Waals surface area contributed by atoms with Crippen LogP contribution >= 0.6 is 11.6 Å². The number of nitrogens with zero attached hydrogens (tertiary/aromatic N) is 3. The normalized spacial score (nSPS) is 10.7. The highest BCUT2D eigenvalue weighted by Gasteiger charge is 2.07. The van der Waals surface area contributed by atoms with Crippen LogP contribution < -0.4 is 10.9 Å². The second-order valence-electron chi connectivity index (χ2n) is 5.30. The van der Waals surface area contributed by atoms with Gasteiger partial charge in [-0.25, -0.2) is 4.98 Å². The lowest BCUT2D eigenvalue weighted by Gasteiger charge is -2.08. The molecule has 0 bridgehead atoms. The highest BCUT2D eigenvalue weighted by atomic mass is 35.5. The predicted molar refractivity (Wildman–Crippen MR) is 92.0 cm³/mol. The van der Waals surface area contributed by atoms with E-state index in [0.29, 0.717) is 28.9 Å². The zero-order valence-electron chi connectivity index (χ0n) is 12.8. The summed E-state index contributed by atoms with van der Waals surface area (Å²) < 4.78 is 1.29. The molecule has 0 saturated heterocycles. The molecule has 2 heterocycles. The summed E-state index contributed by atoms with van der Waals surface area (Å²) in [5.74, 6) is -0.235. The molecular formula is C17H15ClN4O2. The van der Waals surface area contributed by atoms with E-state index in [1.165, 1.54) is 23.3 Å². The van der Waals surface area contributed by atoms with E-state index in [0.717, 1.165) is 5.56 Å². The molecule has 0 saturated carbocycles. The van der Waals surface area contributed by atoms with Gasteiger partial charge in [0.1, 0.15) is 6.54 Å². The minimum absolute atomic E-state index is 0.0648. The Hall–Kier alpha value is -2.73. The third-order valence-electron chi connectivity index (χ3n) is 3.59. The maximum atomic E-state index is 12.3. The lowest BCUT2D eigenvalue weighted by molar-refractivity contribution is -0.121. The number of hydrogen-bond acceptors (Lipinski definition) is 4. The fraction of sp³-hybridized carbons (Fsp3) is 0.176. The van der Waals surface area contributed by atoms with Crippen molar-refractivity contribution in [3.05, 3.63) is 70.0 Å². The van der Waals surface area contributed by atoms with Crippen LogP contribution in [-0.2, 0) is 17.8 Å². The molecule has 6 nitrogen and oxygen atoms in total. The second kappa shape index (κ2) is 7.23. The van der Waals surface area contributed by atoms with Crippen molar-refractivity contribution in [2.75, 3.05) is 6.54 Å². The summed E-state index contributed by atoms with van der Waals surface area (Å²) in [5.41, 5.74) is 1.34. The fourth-order valence-electron chi connectivity index (χ4n) is 2.33. The zero-order valence-corrected chi connectivity index (χ0v) is 13.5. The lowest BCUT2D eigenvalue weighted by Crippen LogP contribution is -2.33. The molecule has 3 rings (SSSR count). The molecule has 0 aliphatic carbocycles. The van der Waals surface area contributed by atoms with Crippen LogP contribution in [0.4, 0.5) is 0 Å². The van der Waals surface area contributed by atoms with Crippen molar-refractivity contribution in [2.45, 2.75) is 13.0 Å². The summed E-state index contributed by atoms with van der Waals surface area (Å²) in [5, 5.41) is 3.93. The van der Waals surface area contributed by atoms with E-state index in [9.17, 15) is 9.59 Å². The van der Waals surface area contributed by atoms with Crippen molar-refractivity contribution in [1.29, 1.82) is 0 Å². The molecular weight excluding hydrogens is 328 g/mol. The monoisotopic (exact) mass is 342 g/mol. The molecule has 0 aliphatic rings. The van der Waals surface area contributed by atoms with Crippen molar-refractivity contribution in [1.82, 2.24) is 19.9 Å². The molecule has 0 spiro atoms. The van der Waals surface area contributed by atoms with E-state index >= 15 is 0 Å². The molecule has 122 valence electrons. The number of carbonyl (C=O) groups excluding carboxylic acids is 1. The van der Waals surface area contributed by atoms with Gasteiger partial charge >= 0.3 is 0 Å². The molecule has 0 aliphatic heterocycles. The Balaban J connectivity index is 1.60. The number of halogens is 1. The molecule has 3 aromatic rings. The summed E-state index contributed by atoms with van der Waals surface area (Å²) in [6.45, 7) is 0.421. The van der Waals surface area contributed by atoms with Gasteiger partial charge in [-0.05, 0) is 30.2 Å². The first-order chi connectivity index (χ1) is 11.6. The van der Waals surface area contributed by atoms with Crippen LogP contribution in [0, 0.1) is 0 Å². The SMILES string of the molecule is O=C(Cn1cnc2cnccc2c1=O)NCCc1ccc(Cl)cc1. The van der Waals surface area contributed by atoms with Crippen LogP contribution in [0.5, 0.6) is 0 Å². The van der Waals surface area contributed by atoms with Crippen LogP contribution in [0.1, 0.15) is 5.56 Å². The Labute approximate surface area is 143 Å². The van der Waals surface area contributed by atoms with Gasteiger partial charge in [0.15, 0.2) is 0 Å². The van der Waals surface area contributed by atoms with E-state index in [-0.39, 0.29) is 18.0 Å². The van der Waals surface area contributed by atoms with Gasteiger partial charge in [-0.15, -0.1) is 0 Å². The van der Waals surface area contributed by atoms with Crippen LogP contribution in [0.2, 0.25) is 5.02 Å². The van der Waals surface area contributed by atoms with Crippen LogP contribution in [-0.4, -0.2) is 27.0 Å². The zero-order chi connectivity index (χ0) is 16.9. The van der Waals surface area contributed by atoms with Crippen molar-refractivity contribution in [2.24, 2.45) is 0 Å². The minimum atomic E-state index is -0.254. The topological polar surface area (TPSA) is 76.9 Å². The molecule has 1 N–H and O–H groups in total. The number of pyridine rings is 1. The Morgan fingerprint density at radius 2 is 2.00 bits per heavy atom. The average molecular weight is 343 g/mol. The van der Waals surface area contributed by atoms with Gasteiger partial charge < -0.3 is 5.32 Å². The molecule has 0 atom stereocenters. The molecule has 1 amide bonds. The number of fused-ring (bicyclic) bond motifs is 1. The highest BCUT2D eigenvalue weighted by Crippen LogP contribution is 2.09. The standard InChI is InChI=1S/C17H15ClN4O2/c18-13-3-1-12(2-4-13)5-8-20-16(23)10-22-11-21-15-9-19-7-6-14(15)17(22)24/h1-4,6-7,9,11H,5,8,10H2,(H,20,23). The van der Waals surface area contributed by atoms with Gasteiger partial charge in [-0.2, -0.15) is 0 Å². The minimum Gasteiger partial charge on any atom is -0.354 e. The van der Waals surface area contributed by atoms with Crippen molar-refractivity contribution < 1.29 is 4.79 Å². The van der Waals surface area contributed by atoms with Gasteiger partial charge in [-0.3, -0.25) is 19.1 Å². The van der Waals surface area contributed by atoms with Gasteiger partial charge in [0.25, 0.3) is 5.56 Å². The van der Waals surface area contributed by atoms with Gasteiger partial charge in [0.2, 0.25) is 5.91 Å². The Bertz CT molecular complexity index is 922. The molecule has 1 aromatic carbocycles. The maximum Gasteiger partial charge on any atom is 0.261 e. The lowest BCUT2D eigenvalue weighted by atomic mass is 10.1. The predicted octanol–water partition coefficient (Wildman–Crippen LogP) is 1.80. The molecule has 0 fully saturated rings. The smallest absolute Gasteiger partial charge is 0.261 e. The molecule has 7 heteroatoms. The average Bonchev–Trinajstić information content (AvgIpc) is 2.59. The first-order valence-electron chi connectivity index (χ1n) is 7.44. The second-order valence-corrected chi connectivity index (χ2v) is 5.73. The summed E-state index contributed by atoms with van der Waals surface area (Å²) >= 11 is 5.83. The highest BCUT2D eigenvalue weighted by molar-refractivity contribution is 6.30. The third kappa shape index (κ3) is 3.78. The number of carbonyl (C=O) groups is 1. The van der Waals surface area contributed by atoms with Gasteiger partial charge in [0.05, 0.1) is 23.4 Å². The molecule has 24 heavy (non-hydrogen) atoms. The van der Waals surface area contributed by atoms with Gasteiger partial charge in [-0.1, -0.05) is 23.7 Å². The third-order valence-corrected chi connectivity index (χ3v) is 3.84. The number of nitrogens with one attached hydrogen (secondary N) is 1. The molecule has 2 aromatic heterocycles. The van der Waals surface area contributed by atoms with E-state index in [1.54, 1.807) is 6.07 Å². The summed E-state index contributed by atoms with van der Waals surface area (Å²) in [6.07, 6.45) is 5.11. The summed E-state index contributed by atoms with van der Waals surface area (Å²) in [4.78, 5) is 32.4. The Morgan fingerprint density at radius 1 is 1.21 bits per heavy atom. The van der Waals surface area contributed by atoms with Crippen LogP contribution in [0.15, 0.2) is 53.8 Å².